The molecule has 1 fully saturated rings. The number of amides is 2. The fraction of sp³-hybridized carbons (Fsp3) is 0.312. The Morgan fingerprint density at radius 1 is 1.05 bits per heavy atom. The zero-order valence-corrected chi connectivity index (χ0v) is 24.6. The highest BCUT2D eigenvalue weighted by Crippen LogP contribution is 2.31. The smallest absolute Gasteiger partial charge is 0.338 e. The van der Waals surface area contributed by atoms with Crippen molar-refractivity contribution in [2.24, 2.45) is 7.05 Å². The second-order valence-electron chi connectivity index (χ2n) is 10.6. The van der Waals surface area contributed by atoms with E-state index in [1.165, 1.54) is 9.58 Å². The van der Waals surface area contributed by atoms with Crippen molar-refractivity contribution in [3.63, 3.8) is 0 Å². The number of para-hydroxylation sites is 3. The van der Waals surface area contributed by atoms with Gasteiger partial charge in [0.2, 0.25) is 5.91 Å². The lowest BCUT2D eigenvalue weighted by Crippen LogP contribution is -2.47. The van der Waals surface area contributed by atoms with Crippen LogP contribution in [-0.2, 0) is 32.7 Å². The number of nitrogens with one attached hydrogen (secondary N) is 1. The Morgan fingerprint density at radius 3 is 2.57 bits per heavy atom. The lowest BCUT2D eigenvalue weighted by Gasteiger charge is -2.31. The van der Waals surface area contributed by atoms with Gasteiger partial charge < -0.3 is 19.4 Å². The fourth-order valence-corrected chi connectivity index (χ4v) is 5.55. The van der Waals surface area contributed by atoms with Crippen LogP contribution in [0.4, 0.5) is 5.69 Å². The molecule has 2 aromatic heterocycles. The first-order valence-electron chi connectivity index (χ1n) is 14.6. The topological polar surface area (TPSA) is 133 Å². The molecule has 0 bridgehead atoms. The number of nitrogens with zero attached hydrogens (tertiary/aromatic N) is 6. The molecule has 3 heterocycles. The standard InChI is InChI=1S/C32H33N7O5/c1-3-43-32(42)21-10-8-11-22(18-21)39(28(40)20-38-27-16-7-5-14-25(27)35-36-38)29(31(41)33-19-23-12-9-17-44-23)30-34-24-13-4-6-15-26(24)37(30)2/h4-8,10-11,13-16,18,23,29H,3,9,12,17,19-20H2,1-2H3,(H,33,41)/t23-,29+/m0/s1. The van der Waals surface area contributed by atoms with Crippen LogP contribution in [0.15, 0.2) is 72.8 Å². The maximum Gasteiger partial charge on any atom is 0.338 e. The van der Waals surface area contributed by atoms with E-state index in [-0.39, 0.29) is 31.4 Å². The Morgan fingerprint density at radius 2 is 1.82 bits per heavy atom. The van der Waals surface area contributed by atoms with Gasteiger partial charge in [0, 0.05) is 25.9 Å². The summed E-state index contributed by atoms with van der Waals surface area (Å²) < 4.78 is 14.3. The highest BCUT2D eigenvalue weighted by molar-refractivity contribution is 6.02. The molecule has 12 heteroatoms. The number of esters is 1. The molecule has 6 rings (SSSR count). The molecular weight excluding hydrogens is 562 g/mol. The largest absolute Gasteiger partial charge is 0.462 e. The van der Waals surface area contributed by atoms with E-state index in [2.05, 4.69) is 15.6 Å². The molecule has 3 aromatic carbocycles. The summed E-state index contributed by atoms with van der Waals surface area (Å²) >= 11 is 0. The third-order valence-electron chi connectivity index (χ3n) is 7.71. The number of aromatic nitrogens is 5. The molecule has 0 aliphatic carbocycles. The molecule has 0 radical (unpaired) electrons. The first-order chi connectivity index (χ1) is 21.4. The Balaban J connectivity index is 1.47. The van der Waals surface area contributed by atoms with Crippen LogP contribution in [0, 0.1) is 0 Å². The minimum absolute atomic E-state index is 0.113. The van der Waals surface area contributed by atoms with Gasteiger partial charge in [0.15, 0.2) is 6.04 Å². The SMILES string of the molecule is CCOC(=O)c1cccc(N(C(=O)Cn2nnc3ccccc32)[C@@H](C(=O)NC[C@@H]2CCCO2)c2nc3ccccc3n2C)c1. The molecule has 1 aliphatic heterocycles. The van der Waals surface area contributed by atoms with E-state index < -0.39 is 23.8 Å². The quantitative estimate of drug-likeness (QED) is 0.242. The maximum atomic E-state index is 14.4. The average Bonchev–Trinajstić information content (AvgIpc) is 3.79. The fourth-order valence-electron chi connectivity index (χ4n) is 5.55. The Kier molecular flexibility index (Phi) is 8.33. The molecule has 1 aliphatic rings. The summed E-state index contributed by atoms with van der Waals surface area (Å²) in [5.41, 5.74) is 3.36. The van der Waals surface area contributed by atoms with Gasteiger partial charge in [0.05, 0.1) is 34.8 Å². The van der Waals surface area contributed by atoms with Crippen molar-refractivity contribution >= 4 is 45.5 Å². The van der Waals surface area contributed by atoms with E-state index >= 15 is 0 Å². The van der Waals surface area contributed by atoms with Crippen LogP contribution in [0.1, 0.15) is 42.0 Å². The molecule has 2 amide bonds. The summed E-state index contributed by atoms with van der Waals surface area (Å²) in [6.07, 6.45) is 1.64. The Labute approximate surface area is 253 Å². The Hall–Kier alpha value is -5.10. The number of fused-ring (bicyclic) bond motifs is 2. The van der Waals surface area contributed by atoms with Crippen molar-refractivity contribution in [1.29, 1.82) is 0 Å². The van der Waals surface area contributed by atoms with Crippen molar-refractivity contribution in [2.75, 3.05) is 24.7 Å². The van der Waals surface area contributed by atoms with Gasteiger partial charge in [-0.2, -0.15) is 0 Å². The molecule has 0 unspecified atom stereocenters. The molecule has 1 N–H and O–H groups in total. The highest BCUT2D eigenvalue weighted by Gasteiger charge is 2.37. The number of hydrogen-bond acceptors (Lipinski definition) is 8. The summed E-state index contributed by atoms with van der Waals surface area (Å²) in [6, 6.07) is 20.1. The first kappa shape index (κ1) is 29.0. The van der Waals surface area contributed by atoms with Crippen LogP contribution in [0.5, 0.6) is 0 Å². The van der Waals surface area contributed by atoms with Gasteiger partial charge in [-0.05, 0) is 62.2 Å². The molecule has 0 spiro atoms. The normalized spacial score (nSPS) is 15.4. The van der Waals surface area contributed by atoms with Crippen LogP contribution >= 0.6 is 0 Å². The molecule has 44 heavy (non-hydrogen) atoms. The van der Waals surface area contributed by atoms with Crippen LogP contribution in [0.2, 0.25) is 0 Å². The molecular formula is C32H33N7O5. The predicted molar refractivity (Wildman–Crippen MR) is 163 cm³/mol. The monoisotopic (exact) mass is 595 g/mol. The van der Waals surface area contributed by atoms with Crippen molar-refractivity contribution < 1.29 is 23.9 Å². The van der Waals surface area contributed by atoms with E-state index in [1.54, 1.807) is 31.2 Å². The van der Waals surface area contributed by atoms with E-state index in [9.17, 15) is 14.4 Å². The second kappa shape index (κ2) is 12.6. The van der Waals surface area contributed by atoms with E-state index in [0.717, 1.165) is 18.4 Å². The van der Waals surface area contributed by atoms with Gasteiger partial charge in [-0.1, -0.05) is 35.5 Å². The molecule has 1 saturated heterocycles. The van der Waals surface area contributed by atoms with E-state index in [4.69, 9.17) is 14.5 Å². The zero-order chi connectivity index (χ0) is 30.6. The minimum Gasteiger partial charge on any atom is -0.462 e. The van der Waals surface area contributed by atoms with Crippen molar-refractivity contribution in [1.82, 2.24) is 29.9 Å². The molecule has 5 aromatic rings. The number of aryl methyl sites for hydroxylation is 1. The lowest BCUT2D eigenvalue weighted by molar-refractivity contribution is -0.127. The van der Waals surface area contributed by atoms with E-state index in [1.807, 2.05) is 60.1 Å². The summed E-state index contributed by atoms with van der Waals surface area (Å²) in [7, 11) is 1.81. The number of imidazole rings is 1. The van der Waals surface area contributed by atoms with Gasteiger partial charge in [-0.3, -0.25) is 14.5 Å². The summed E-state index contributed by atoms with van der Waals surface area (Å²) in [6.45, 7) is 2.63. The second-order valence-corrected chi connectivity index (χ2v) is 10.6. The minimum atomic E-state index is -1.20. The van der Waals surface area contributed by atoms with Crippen LogP contribution < -0.4 is 10.2 Å². The maximum absolute atomic E-state index is 14.4. The van der Waals surface area contributed by atoms with Gasteiger partial charge in [-0.25, -0.2) is 14.5 Å². The number of hydrogen-bond donors (Lipinski definition) is 1. The number of ether oxygens (including phenoxy) is 2. The summed E-state index contributed by atoms with van der Waals surface area (Å²) in [5, 5.41) is 11.4. The number of carbonyl (C=O) groups excluding carboxylic acids is 3. The first-order valence-corrected chi connectivity index (χ1v) is 14.6. The molecule has 12 nitrogen and oxygen atoms in total. The number of rotatable bonds is 10. The zero-order valence-electron chi connectivity index (χ0n) is 24.6. The molecule has 226 valence electrons. The predicted octanol–water partition coefficient (Wildman–Crippen LogP) is 3.56. The average molecular weight is 596 g/mol. The summed E-state index contributed by atoms with van der Waals surface area (Å²) in [4.78, 5) is 47.6. The van der Waals surface area contributed by atoms with Crippen LogP contribution in [0.3, 0.4) is 0 Å². The van der Waals surface area contributed by atoms with Crippen molar-refractivity contribution in [3.8, 4) is 0 Å². The van der Waals surface area contributed by atoms with Crippen LogP contribution in [-0.4, -0.2) is 68.2 Å². The van der Waals surface area contributed by atoms with Gasteiger partial charge >= 0.3 is 5.97 Å². The number of anilines is 1. The van der Waals surface area contributed by atoms with Gasteiger partial charge in [0.25, 0.3) is 5.91 Å². The Bertz CT molecular complexity index is 1820. The third kappa shape index (κ3) is 5.76. The molecule has 2 atom stereocenters. The van der Waals surface area contributed by atoms with Gasteiger partial charge in [0.1, 0.15) is 17.9 Å². The number of benzene rings is 3. The van der Waals surface area contributed by atoms with Gasteiger partial charge in [-0.15, -0.1) is 5.10 Å². The highest BCUT2D eigenvalue weighted by atomic mass is 16.5. The van der Waals surface area contributed by atoms with Crippen molar-refractivity contribution in [2.45, 2.75) is 38.5 Å². The lowest BCUT2D eigenvalue weighted by atomic mass is 10.1. The third-order valence-corrected chi connectivity index (χ3v) is 7.71. The van der Waals surface area contributed by atoms with E-state index in [0.29, 0.717) is 34.7 Å². The number of carbonyl (C=O) groups is 3. The summed E-state index contributed by atoms with van der Waals surface area (Å²) in [5.74, 6) is -1.07. The molecule has 0 saturated carbocycles. The van der Waals surface area contributed by atoms with Crippen LogP contribution in [0.25, 0.3) is 22.1 Å². The van der Waals surface area contributed by atoms with Crippen molar-refractivity contribution in [3.05, 3.63) is 84.2 Å².